The van der Waals surface area contributed by atoms with Crippen LogP contribution in [0.3, 0.4) is 0 Å². The normalized spacial score (nSPS) is 24.3. The molecule has 2 saturated heterocycles. The fourth-order valence-electron chi connectivity index (χ4n) is 3.70. The van der Waals surface area contributed by atoms with Crippen molar-refractivity contribution in [1.29, 1.82) is 0 Å². The topological polar surface area (TPSA) is 82.5 Å². The molecule has 1 aromatic heterocycles. The van der Waals surface area contributed by atoms with Gasteiger partial charge in [-0.1, -0.05) is 0 Å². The lowest BCUT2D eigenvalue weighted by Gasteiger charge is -2.31. The fourth-order valence-corrected chi connectivity index (χ4v) is 5.23. The Morgan fingerprint density at radius 2 is 2.08 bits per heavy atom. The highest BCUT2D eigenvalue weighted by Gasteiger charge is 2.33. The second-order valence-corrected chi connectivity index (χ2v) is 8.69. The molecular formula is C17H29N3O4S. The van der Waals surface area contributed by atoms with Gasteiger partial charge in [0.25, 0.3) is 0 Å². The van der Waals surface area contributed by atoms with Crippen molar-refractivity contribution in [3.05, 3.63) is 18.2 Å². The van der Waals surface area contributed by atoms with E-state index in [1.165, 1.54) is 0 Å². The summed E-state index contributed by atoms with van der Waals surface area (Å²) in [6, 6.07) is -0.313. The van der Waals surface area contributed by atoms with Crippen LogP contribution in [-0.2, 0) is 26.0 Å². The molecule has 1 aromatic rings. The molecule has 2 fully saturated rings. The van der Waals surface area contributed by atoms with E-state index in [1.807, 2.05) is 17.7 Å². The second kappa shape index (κ2) is 8.62. The number of aryl methyl sites for hydroxylation is 1. The molecule has 0 bridgehead atoms. The summed E-state index contributed by atoms with van der Waals surface area (Å²) < 4.78 is 41.6. The van der Waals surface area contributed by atoms with E-state index in [0.717, 1.165) is 44.5 Å². The third-order valence-corrected chi connectivity index (χ3v) is 6.51. The Labute approximate surface area is 150 Å². The molecule has 2 unspecified atom stereocenters. The van der Waals surface area contributed by atoms with Crippen molar-refractivity contribution in [2.45, 2.75) is 57.7 Å². The van der Waals surface area contributed by atoms with Crippen molar-refractivity contribution in [2.24, 2.45) is 5.92 Å². The molecule has 0 aromatic carbocycles. The van der Waals surface area contributed by atoms with Crippen LogP contribution in [0.1, 0.15) is 50.9 Å². The van der Waals surface area contributed by atoms with Crippen molar-refractivity contribution in [1.82, 2.24) is 14.3 Å². The Hall–Kier alpha value is -0.960. The average molecular weight is 372 g/mol. The van der Waals surface area contributed by atoms with Crippen LogP contribution in [0.25, 0.3) is 0 Å². The highest BCUT2D eigenvalue weighted by atomic mass is 32.2. The second-order valence-electron chi connectivity index (χ2n) is 6.89. The largest absolute Gasteiger partial charge is 0.381 e. The maximum atomic E-state index is 12.8. The molecule has 8 heteroatoms. The summed E-state index contributed by atoms with van der Waals surface area (Å²) in [4.78, 5) is 4.46. The quantitative estimate of drug-likeness (QED) is 0.791. The summed E-state index contributed by atoms with van der Waals surface area (Å²) in [5.74, 6) is 1.02. The molecule has 25 heavy (non-hydrogen) atoms. The minimum Gasteiger partial charge on any atom is -0.381 e. The number of aromatic nitrogens is 2. The highest BCUT2D eigenvalue weighted by Crippen LogP contribution is 2.30. The van der Waals surface area contributed by atoms with Crippen LogP contribution in [0.4, 0.5) is 0 Å². The van der Waals surface area contributed by atoms with Gasteiger partial charge in [0.1, 0.15) is 5.82 Å². The van der Waals surface area contributed by atoms with Crippen LogP contribution < -0.4 is 4.72 Å². The van der Waals surface area contributed by atoms with Crippen molar-refractivity contribution < 1.29 is 17.9 Å². The molecule has 2 aliphatic rings. The Balaban J connectivity index is 1.76. The van der Waals surface area contributed by atoms with Crippen molar-refractivity contribution in [3.8, 4) is 0 Å². The molecule has 2 aliphatic heterocycles. The first-order chi connectivity index (χ1) is 12.1. The van der Waals surface area contributed by atoms with Gasteiger partial charge in [-0.05, 0) is 44.9 Å². The molecular weight excluding hydrogens is 342 g/mol. The smallest absolute Gasteiger partial charge is 0.214 e. The van der Waals surface area contributed by atoms with Gasteiger partial charge in [0, 0.05) is 38.8 Å². The lowest BCUT2D eigenvalue weighted by molar-refractivity contribution is 0.0301. The fraction of sp³-hybridized carbons (Fsp3) is 0.824. The van der Waals surface area contributed by atoms with E-state index in [-0.39, 0.29) is 23.8 Å². The van der Waals surface area contributed by atoms with Gasteiger partial charge in [-0.15, -0.1) is 0 Å². The Morgan fingerprint density at radius 1 is 1.28 bits per heavy atom. The standard InChI is InChI=1S/C17H29N3O4S/c1-2-20-9-8-18-17(20)16(14-6-11-23-12-7-14)19-25(21,22)13-15-5-3-4-10-24-15/h8-9,14-16,19H,2-7,10-13H2,1H3. The number of hydrogen-bond donors (Lipinski definition) is 1. The summed E-state index contributed by atoms with van der Waals surface area (Å²) in [7, 11) is -3.45. The molecule has 0 aliphatic carbocycles. The summed E-state index contributed by atoms with van der Waals surface area (Å²) in [6.45, 7) is 4.80. The van der Waals surface area contributed by atoms with Crippen LogP contribution >= 0.6 is 0 Å². The predicted molar refractivity (Wildman–Crippen MR) is 94.7 cm³/mol. The van der Waals surface area contributed by atoms with Gasteiger partial charge in [-0.25, -0.2) is 18.1 Å². The zero-order valence-corrected chi connectivity index (χ0v) is 15.7. The molecule has 7 nitrogen and oxygen atoms in total. The molecule has 2 atom stereocenters. The van der Waals surface area contributed by atoms with Gasteiger partial charge in [0.15, 0.2) is 0 Å². The number of ether oxygens (including phenoxy) is 2. The van der Waals surface area contributed by atoms with Gasteiger partial charge in [-0.2, -0.15) is 0 Å². The van der Waals surface area contributed by atoms with Crippen molar-refractivity contribution in [3.63, 3.8) is 0 Å². The van der Waals surface area contributed by atoms with Crippen molar-refractivity contribution in [2.75, 3.05) is 25.6 Å². The van der Waals surface area contributed by atoms with E-state index in [9.17, 15) is 8.42 Å². The van der Waals surface area contributed by atoms with E-state index in [1.54, 1.807) is 6.20 Å². The molecule has 1 N–H and O–H groups in total. The number of rotatable bonds is 7. The lowest BCUT2D eigenvalue weighted by Crippen LogP contribution is -2.41. The molecule has 142 valence electrons. The van der Waals surface area contributed by atoms with E-state index < -0.39 is 10.0 Å². The molecule has 0 saturated carbocycles. The summed E-state index contributed by atoms with van der Waals surface area (Å²) in [5.41, 5.74) is 0. The van der Waals surface area contributed by atoms with Crippen LogP contribution in [-0.4, -0.2) is 49.6 Å². The third kappa shape index (κ3) is 5.03. The van der Waals surface area contributed by atoms with Crippen LogP contribution in [0, 0.1) is 5.92 Å². The predicted octanol–water partition coefficient (Wildman–Crippen LogP) is 1.86. The first kappa shape index (κ1) is 18.8. The van der Waals surface area contributed by atoms with Crippen molar-refractivity contribution >= 4 is 10.0 Å². The number of sulfonamides is 1. The minimum atomic E-state index is -3.45. The highest BCUT2D eigenvalue weighted by molar-refractivity contribution is 7.89. The number of hydrogen-bond acceptors (Lipinski definition) is 5. The van der Waals surface area contributed by atoms with Crippen LogP contribution in [0.2, 0.25) is 0 Å². The SMILES string of the molecule is CCn1ccnc1C(NS(=O)(=O)CC1CCCCO1)C1CCOCC1. The van der Waals surface area contributed by atoms with E-state index >= 15 is 0 Å². The lowest BCUT2D eigenvalue weighted by atomic mass is 9.92. The van der Waals surface area contributed by atoms with Gasteiger partial charge in [-0.3, -0.25) is 0 Å². The summed E-state index contributed by atoms with van der Waals surface area (Å²) in [5, 5.41) is 0. The Kier molecular flexibility index (Phi) is 6.49. The summed E-state index contributed by atoms with van der Waals surface area (Å²) >= 11 is 0. The van der Waals surface area contributed by atoms with E-state index in [0.29, 0.717) is 19.8 Å². The van der Waals surface area contributed by atoms with E-state index in [4.69, 9.17) is 9.47 Å². The van der Waals surface area contributed by atoms with E-state index in [2.05, 4.69) is 9.71 Å². The number of imidazole rings is 1. The average Bonchev–Trinajstić information content (AvgIpc) is 3.09. The molecule has 0 spiro atoms. The van der Waals surface area contributed by atoms with Crippen LogP contribution in [0.5, 0.6) is 0 Å². The van der Waals surface area contributed by atoms with Crippen LogP contribution in [0.15, 0.2) is 12.4 Å². The zero-order chi connectivity index (χ0) is 17.7. The zero-order valence-electron chi connectivity index (χ0n) is 14.9. The van der Waals surface area contributed by atoms with Gasteiger partial charge in [0.2, 0.25) is 10.0 Å². The first-order valence-corrected chi connectivity index (χ1v) is 10.9. The van der Waals surface area contributed by atoms with Gasteiger partial charge >= 0.3 is 0 Å². The Bertz CT molecular complexity index is 634. The minimum absolute atomic E-state index is 0.0273. The molecule has 0 amide bonds. The third-order valence-electron chi connectivity index (χ3n) is 5.09. The Morgan fingerprint density at radius 3 is 2.76 bits per heavy atom. The number of nitrogens with one attached hydrogen (secondary N) is 1. The molecule has 3 heterocycles. The van der Waals surface area contributed by atoms with Gasteiger partial charge in [0.05, 0.1) is 17.9 Å². The maximum Gasteiger partial charge on any atom is 0.214 e. The summed E-state index contributed by atoms with van der Waals surface area (Å²) in [6.07, 6.45) is 7.98. The molecule has 0 radical (unpaired) electrons. The monoisotopic (exact) mass is 371 g/mol. The maximum absolute atomic E-state index is 12.8. The molecule has 3 rings (SSSR count). The van der Waals surface area contributed by atoms with Gasteiger partial charge < -0.3 is 14.0 Å². The first-order valence-electron chi connectivity index (χ1n) is 9.29. The number of nitrogens with zero attached hydrogens (tertiary/aromatic N) is 2.